The van der Waals surface area contributed by atoms with Crippen LogP contribution < -0.4 is 0 Å². The Kier molecular flexibility index (Phi) is 4.49. The van der Waals surface area contributed by atoms with E-state index in [9.17, 15) is 9.90 Å². The minimum atomic E-state index is -0.701. The van der Waals surface area contributed by atoms with Gasteiger partial charge in [0.2, 0.25) is 0 Å². The van der Waals surface area contributed by atoms with Crippen molar-refractivity contribution in [2.45, 2.75) is 31.1 Å². The van der Waals surface area contributed by atoms with E-state index < -0.39 is 11.4 Å². The average molecular weight is 310 g/mol. The zero-order valence-corrected chi connectivity index (χ0v) is 13.4. The van der Waals surface area contributed by atoms with Gasteiger partial charge in [0, 0.05) is 13.7 Å². The van der Waals surface area contributed by atoms with E-state index in [1.165, 1.54) is 16.7 Å². The van der Waals surface area contributed by atoms with Crippen molar-refractivity contribution in [2.24, 2.45) is 0 Å². The summed E-state index contributed by atoms with van der Waals surface area (Å²) in [7, 11) is 1.71. The lowest BCUT2D eigenvalue weighted by Crippen LogP contribution is -2.19. The first kappa shape index (κ1) is 15.8. The van der Waals surface area contributed by atoms with E-state index >= 15 is 0 Å². The molecular weight excluding hydrogens is 288 g/mol. The summed E-state index contributed by atoms with van der Waals surface area (Å²) >= 11 is 0. The normalized spacial score (nSPS) is 15.3. The van der Waals surface area contributed by atoms with Crippen LogP contribution >= 0.6 is 0 Å². The van der Waals surface area contributed by atoms with Gasteiger partial charge in [-0.15, -0.1) is 0 Å². The highest BCUT2D eigenvalue weighted by atomic mass is 16.5. The molecule has 0 bridgehead atoms. The van der Waals surface area contributed by atoms with Crippen LogP contribution in [0.4, 0.5) is 0 Å². The zero-order chi connectivity index (χ0) is 16.3. The number of aliphatic carboxylic acids is 1. The SMILES string of the molecule is COCCCc1cc(C2(C(=O)O)CC2)ccc1-c1ccccc1. The predicted molar refractivity (Wildman–Crippen MR) is 90.6 cm³/mol. The Morgan fingerprint density at radius 3 is 2.52 bits per heavy atom. The molecule has 0 atom stereocenters. The third-order valence-corrected chi connectivity index (χ3v) is 4.70. The van der Waals surface area contributed by atoms with E-state index in [0.717, 1.165) is 31.2 Å². The lowest BCUT2D eigenvalue weighted by atomic mass is 9.89. The van der Waals surface area contributed by atoms with Crippen LogP contribution in [0.25, 0.3) is 11.1 Å². The van der Waals surface area contributed by atoms with Gasteiger partial charge >= 0.3 is 5.97 Å². The molecule has 2 aromatic rings. The smallest absolute Gasteiger partial charge is 0.314 e. The molecule has 3 heteroatoms. The van der Waals surface area contributed by atoms with Crippen molar-refractivity contribution in [2.75, 3.05) is 13.7 Å². The molecule has 1 aliphatic rings. The molecular formula is C20H22O3. The molecule has 1 fully saturated rings. The Balaban J connectivity index is 1.98. The zero-order valence-electron chi connectivity index (χ0n) is 13.4. The number of aryl methyl sites for hydroxylation is 1. The summed E-state index contributed by atoms with van der Waals surface area (Å²) in [6, 6.07) is 16.4. The minimum absolute atomic E-state index is 0.648. The van der Waals surface area contributed by atoms with Crippen LogP contribution in [0.5, 0.6) is 0 Å². The first-order valence-corrected chi connectivity index (χ1v) is 8.08. The van der Waals surface area contributed by atoms with Gasteiger partial charge in [-0.2, -0.15) is 0 Å². The molecule has 0 saturated heterocycles. The van der Waals surface area contributed by atoms with Crippen LogP contribution in [-0.4, -0.2) is 24.8 Å². The maximum absolute atomic E-state index is 11.6. The number of rotatable bonds is 7. The summed E-state index contributed by atoms with van der Waals surface area (Å²) in [5, 5.41) is 9.53. The van der Waals surface area contributed by atoms with Gasteiger partial charge in [-0.25, -0.2) is 0 Å². The first-order valence-electron chi connectivity index (χ1n) is 8.08. The lowest BCUT2D eigenvalue weighted by molar-refractivity contribution is -0.140. The van der Waals surface area contributed by atoms with Crippen molar-refractivity contribution in [1.29, 1.82) is 0 Å². The fourth-order valence-electron chi connectivity index (χ4n) is 3.16. The van der Waals surface area contributed by atoms with Crippen LogP contribution in [0.15, 0.2) is 48.5 Å². The van der Waals surface area contributed by atoms with Crippen molar-refractivity contribution in [3.63, 3.8) is 0 Å². The standard InChI is InChI=1S/C20H22O3/c1-23-13-5-8-16-14-17(20(11-12-20)19(21)22)9-10-18(16)15-6-3-2-4-7-15/h2-4,6-7,9-10,14H,5,8,11-13H2,1H3,(H,21,22). The van der Waals surface area contributed by atoms with E-state index in [0.29, 0.717) is 6.61 Å². The van der Waals surface area contributed by atoms with Gasteiger partial charge in [-0.3, -0.25) is 4.79 Å². The Bertz CT molecular complexity index is 687. The third kappa shape index (κ3) is 3.15. The topological polar surface area (TPSA) is 46.5 Å². The van der Waals surface area contributed by atoms with Crippen molar-refractivity contribution in [3.05, 3.63) is 59.7 Å². The third-order valence-electron chi connectivity index (χ3n) is 4.70. The summed E-state index contributed by atoms with van der Waals surface area (Å²) < 4.78 is 5.16. The molecule has 23 heavy (non-hydrogen) atoms. The Hall–Kier alpha value is -2.13. The quantitative estimate of drug-likeness (QED) is 0.785. The molecule has 1 aliphatic carbocycles. The van der Waals surface area contributed by atoms with E-state index in [4.69, 9.17) is 4.74 Å². The van der Waals surface area contributed by atoms with E-state index in [1.807, 2.05) is 24.3 Å². The maximum Gasteiger partial charge on any atom is 0.314 e. The number of ether oxygens (including phenoxy) is 1. The largest absolute Gasteiger partial charge is 0.481 e. The number of carbonyl (C=O) groups is 1. The second-order valence-electron chi connectivity index (χ2n) is 6.22. The molecule has 0 heterocycles. The maximum atomic E-state index is 11.6. The number of hydrogen-bond acceptors (Lipinski definition) is 2. The van der Waals surface area contributed by atoms with Crippen LogP contribution in [0.1, 0.15) is 30.4 Å². The minimum Gasteiger partial charge on any atom is -0.481 e. The van der Waals surface area contributed by atoms with Gasteiger partial charge < -0.3 is 9.84 Å². The molecule has 1 saturated carbocycles. The van der Waals surface area contributed by atoms with Crippen LogP contribution in [0.3, 0.4) is 0 Å². The van der Waals surface area contributed by atoms with E-state index in [2.05, 4.69) is 24.3 Å². The number of carboxylic acids is 1. The van der Waals surface area contributed by atoms with Gasteiger partial charge in [-0.1, -0.05) is 48.5 Å². The van der Waals surface area contributed by atoms with Crippen LogP contribution in [0, 0.1) is 0 Å². The Morgan fingerprint density at radius 2 is 1.91 bits per heavy atom. The van der Waals surface area contributed by atoms with Crippen molar-refractivity contribution in [1.82, 2.24) is 0 Å². The monoisotopic (exact) mass is 310 g/mol. The fourth-order valence-corrected chi connectivity index (χ4v) is 3.16. The van der Waals surface area contributed by atoms with Gasteiger partial charge in [0.1, 0.15) is 0 Å². The van der Waals surface area contributed by atoms with Gasteiger partial charge in [0.25, 0.3) is 0 Å². The molecule has 2 aromatic carbocycles. The molecule has 3 rings (SSSR count). The molecule has 3 nitrogen and oxygen atoms in total. The van der Waals surface area contributed by atoms with E-state index in [-0.39, 0.29) is 0 Å². The molecule has 0 amide bonds. The van der Waals surface area contributed by atoms with Crippen molar-refractivity contribution < 1.29 is 14.6 Å². The van der Waals surface area contributed by atoms with Crippen molar-refractivity contribution >= 4 is 5.97 Å². The molecule has 0 unspecified atom stereocenters. The Morgan fingerprint density at radius 1 is 1.17 bits per heavy atom. The molecule has 1 N–H and O–H groups in total. The second kappa shape index (κ2) is 6.55. The highest BCUT2D eigenvalue weighted by molar-refractivity contribution is 5.85. The molecule has 0 spiro atoms. The van der Waals surface area contributed by atoms with Gasteiger partial charge in [0.15, 0.2) is 0 Å². The molecule has 0 aromatic heterocycles. The highest BCUT2D eigenvalue weighted by Crippen LogP contribution is 2.49. The van der Waals surface area contributed by atoms with E-state index in [1.54, 1.807) is 7.11 Å². The fraction of sp³-hybridized carbons (Fsp3) is 0.350. The molecule has 0 aliphatic heterocycles. The van der Waals surface area contributed by atoms with Gasteiger partial charge in [0.05, 0.1) is 5.41 Å². The first-order chi connectivity index (χ1) is 11.2. The Labute approximate surface area is 136 Å². The summed E-state index contributed by atoms with van der Waals surface area (Å²) in [4.78, 5) is 11.6. The van der Waals surface area contributed by atoms with Gasteiger partial charge in [-0.05, 0) is 47.9 Å². The summed E-state index contributed by atoms with van der Waals surface area (Å²) in [5.41, 5.74) is 3.86. The predicted octanol–water partition coefficient (Wildman–Crippen LogP) is 4.05. The molecule has 120 valence electrons. The number of carboxylic acid groups (broad SMARTS) is 1. The van der Waals surface area contributed by atoms with Crippen molar-refractivity contribution in [3.8, 4) is 11.1 Å². The lowest BCUT2D eigenvalue weighted by Gasteiger charge is -2.16. The van der Waals surface area contributed by atoms with Crippen LogP contribution in [0.2, 0.25) is 0 Å². The number of methoxy groups -OCH3 is 1. The molecule has 0 radical (unpaired) electrons. The number of benzene rings is 2. The second-order valence-corrected chi connectivity index (χ2v) is 6.22. The summed E-state index contributed by atoms with van der Waals surface area (Å²) in [5.74, 6) is -0.701. The highest BCUT2D eigenvalue weighted by Gasteiger charge is 2.51. The summed E-state index contributed by atoms with van der Waals surface area (Å²) in [6.45, 7) is 0.711. The number of hydrogen-bond donors (Lipinski definition) is 1. The average Bonchev–Trinajstić information content (AvgIpc) is 3.38. The van der Waals surface area contributed by atoms with Crippen LogP contribution in [-0.2, 0) is 21.4 Å². The summed E-state index contributed by atoms with van der Waals surface area (Å²) in [6.07, 6.45) is 3.30.